The van der Waals surface area contributed by atoms with Crippen LogP contribution in [-0.2, 0) is 11.3 Å². The summed E-state index contributed by atoms with van der Waals surface area (Å²) < 4.78 is 5.66. The van der Waals surface area contributed by atoms with Crippen LogP contribution in [0.4, 0.5) is 5.69 Å². The Balaban J connectivity index is 1.48. The fourth-order valence-corrected chi connectivity index (χ4v) is 3.93. The van der Waals surface area contributed by atoms with E-state index in [9.17, 15) is 9.59 Å². The van der Waals surface area contributed by atoms with Gasteiger partial charge in [-0.1, -0.05) is 24.3 Å². The number of nitrogens with one attached hydrogen (secondary N) is 1. The van der Waals surface area contributed by atoms with Crippen molar-refractivity contribution in [2.75, 3.05) is 4.90 Å². The van der Waals surface area contributed by atoms with Crippen LogP contribution in [0.15, 0.2) is 66.9 Å². The minimum Gasteiger partial charge on any atom is -0.491 e. The summed E-state index contributed by atoms with van der Waals surface area (Å²) in [6.45, 7) is 6.35. The Morgan fingerprint density at radius 2 is 1.91 bits per heavy atom. The van der Waals surface area contributed by atoms with Crippen molar-refractivity contribution in [3.8, 4) is 5.75 Å². The number of ether oxygens (including phenoxy) is 1. The van der Waals surface area contributed by atoms with Crippen molar-refractivity contribution in [1.82, 2.24) is 10.3 Å². The van der Waals surface area contributed by atoms with E-state index in [2.05, 4.69) is 10.3 Å². The van der Waals surface area contributed by atoms with E-state index < -0.39 is 6.04 Å². The Morgan fingerprint density at radius 3 is 2.62 bits per heavy atom. The molecule has 1 atom stereocenters. The van der Waals surface area contributed by atoms with Gasteiger partial charge in [-0.2, -0.15) is 0 Å². The number of carbonyl (C=O) groups excluding carboxylic acids is 2. The molecule has 1 aliphatic rings. The predicted molar refractivity (Wildman–Crippen MR) is 124 cm³/mol. The van der Waals surface area contributed by atoms with Gasteiger partial charge in [-0.25, -0.2) is 0 Å². The quantitative estimate of drug-likeness (QED) is 0.597. The number of rotatable bonds is 7. The molecule has 0 radical (unpaired) electrons. The molecule has 0 saturated heterocycles. The molecule has 0 spiro atoms. The molecule has 0 aliphatic carbocycles. The Hall–Kier alpha value is -3.67. The fourth-order valence-electron chi connectivity index (χ4n) is 3.93. The number of nitrogens with zero attached hydrogens (tertiary/aromatic N) is 2. The molecule has 2 amide bonds. The average Bonchev–Trinajstić information content (AvgIpc) is 3.04. The minimum absolute atomic E-state index is 0.113. The van der Waals surface area contributed by atoms with Crippen molar-refractivity contribution in [3.05, 3.63) is 89.2 Å². The van der Waals surface area contributed by atoms with Crippen molar-refractivity contribution >= 4 is 17.5 Å². The van der Waals surface area contributed by atoms with Crippen LogP contribution >= 0.6 is 0 Å². The molecule has 0 bridgehead atoms. The van der Waals surface area contributed by atoms with Crippen LogP contribution in [0.3, 0.4) is 0 Å². The van der Waals surface area contributed by atoms with Crippen LogP contribution in [0.5, 0.6) is 5.75 Å². The molecule has 1 unspecified atom stereocenters. The van der Waals surface area contributed by atoms with Gasteiger partial charge in [-0.15, -0.1) is 0 Å². The first-order valence-electron chi connectivity index (χ1n) is 10.8. The Bertz CT molecular complexity index is 1130. The van der Waals surface area contributed by atoms with Gasteiger partial charge in [0.1, 0.15) is 5.75 Å². The highest BCUT2D eigenvalue weighted by molar-refractivity contribution is 6.11. The van der Waals surface area contributed by atoms with Gasteiger partial charge in [0.15, 0.2) is 0 Å². The highest BCUT2D eigenvalue weighted by Crippen LogP contribution is 2.38. The van der Waals surface area contributed by atoms with Gasteiger partial charge < -0.3 is 10.1 Å². The lowest BCUT2D eigenvalue weighted by molar-refractivity contribution is -0.121. The summed E-state index contributed by atoms with van der Waals surface area (Å²) in [5, 5.41) is 2.97. The molecular weight excluding hydrogens is 402 g/mol. The summed E-state index contributed by atoms with van der Waals surface area (Å²) in [7, 11) is 0. The van der Waals surface area contributed by atoms with Crippen molar-refractivity contribution < 1.29 is 14.3 Å². The molecule has 32 heavy (non-hydrogen) atoms. The largest absolute Gasteiger partial charge is 0.491 e. The van der Waals surface area contributed by atoms with E-state index in [1.54, 1.807) is 23.2 Å². The number of carbonyl (C=O) groups is 2. The molecule has 6 nitrogen and oxygen atoms in total. The van der Waals surface area contributed by atoms with E-state index in [4.69, 9.17) is 4.74 Å². The van der Waals surface area contributed by atoms with Crippen molar-refractivity contribution in [2.24, 2.45) is 0 Å². The molecule has 3 aromatic rings. The van der Waals surface area contributed by atoms with Gasteiger partial charge in [-0.05, 0) is 68.3 Å². The lowest BCUT2D eigenvalue weighted by Crippen LogP contribution is -2.33. The summed E-state index contributed by atoms with van der Waals surface area (Å²) in [6.07, 6.45) is 1.91. The van der Waals surface area contributed by atoms with Crippen LogP contribution in [0.1, 0.15) is 53.5 Å². The second-order valence-corrected chi connectivity index (χ2v) is 8.26. The zero-order valence-electron chi connectivity index (χ0n) is 18.5. The van der Waals surface area contributed by atoms with Gasteiger partial charge in [0.05, 0.1) is 29.8 Å². The van der Waals surface area contributed by atoms with E-state index in [1.807, 2.05) is 69.3 Å². The molecule has 2 heterocycles. The monoisotopic (exact) mass is 429 g/mol. The third-order valence-corrected chi connectivity index (χ3v) is 5.36. The van der Waals surface area contributed by atoms with Gasteiger partial charge in [0.25, 0.3) is 5.91 Å². The van der Waals surface area contributed by atoms with Gasteiger partial charge >= 0.3 is 0 Å². The summed E-state index contributed by atoms with van der Waals surface area (Å²) in [4.78, 5) is 32.1. The first-order valence-corrected chi connectivity index (χ1v) is 10.8. The molecule has 0 saturated carbocycles. The van der Waals surface area contributed by atoms with Gasteiger partial charge in [0.2, 0.25) is 5.91 Å². The summed E-state index contributed by atoms with van der Waals surface area (Å²) in [5.41, 5.74) is 3.99. The van der Waals surface area contributed by atoms with Crippen LogP contribution in [0, 0.1) is 6.92 Å². The molecular formula is C26H27N3O3. The van der Waals surface area contributed by atoms with Crippen LogP contribution < -0.4 is 15.0 Å². The van der Waals surface area contributed by atoms with E-state index in [0.29, 0.717) is 17.8 Å². The first-order chi connectivity index (χ1) is 15.4. The van der Waals surface area contributed by atoms with Crippen LogP contribution in [0.25, 0.3) is 0 Å². The molecule has 1 N–H and O–H groups in total. The SMILES string of the molecule is Cc1cccc(N2C(=O)c3cccnc3C2CC(=O)NCc2ccc(OC(C)C)cc2)c1. The highest BCUT2D eigenvalue weighted by Gasteiger charge is 2.39. The molecule has 4 rings (SSSR count). The normalized spacial score (nSPS) is 15.1. The maximum Gasteiger partial charge on any atom is 0.260 e. The molecule has 1 aliphatic heterocycles. The van der Waals surface area contributed by atoms with E-state index >= 15 is 0 Å². The zero-order valence-corrected chi connectivity index (χ0v) is 18.5. The maximum atomic E-state index is 13.1. The highest BCUT2D eigenvalue weighted by atomic mass is 16.5. The topological polar surface area (TPSA) is 71.5 Å². The standard InChI is InChI=1S/C26H27N3O3/c1-17(2)32-21-11-9-19(10-12-21)16-28-24(30)15-23-25-22(8-5-13-27-25)26(31)29(23)20-7-4-6-18(3)14-20/h4-14,17,23H,15-16H2,1-3H3,(H,28,30). The molecule has 6 heteroatoms. The number of aromatic nitrogens is 1. The number of benzene rings is 2. The minimum atomic E-state index is -0.442. The average molecular weight is 430 g/mol. The number of pyridine rings is 1. The Labute approximate surface area is 188 Å². The molecule has 164 valence electrons. The van der Waals surface area contributed by atoms with Crippen molar-refractivity contribution in [2.45, 2.75) is 45.9 Å². The second kappa shape index (κ2) is 9.22. The first kappa shape index (κ1) is 21.6. The zero-order chi connectivity index (χ0) is 22.7. The second-order valence-electron chi connectivity index (χ2n) is 8.26. The lowest BCUT2D eigenvalue weighted by Gasteiger charge is -2.25. The predicted octanol–water partition coefficient (Wildman–Crippen LogP) is 4.59. The smallest absolute Gasteiger partial charge is 0.260 e. The summed E-state index contributed by atoms with van der Waals surface area (Å²) in [5.74, 6) is 0.537. The van der Waals surface area contributed by atoms with E-state index in [-0.39, 0.29) is 24.3 Å². The van der Waals surface area contributed by atoms with E-state index in [1.165, 1.54) is 0 Å². The van der Waals surface area contributed by atoms with Crippen molar-refractivity contribution in [1.29, 1.82) is 0 Å². The van der Waals surface area contributed by atoms with Crippen LogP contribution in [0.2, 0.25) is 0 Å². The summed E-state index contributed by atoms with van der Waals surface area (Å²) in [6, 6.07) is 18.5. The maximum absolute atomic E-state index is 13.1. The Kier molecular flexibility index (Phi) is 6.21. The number of hydrogen-bond acceptors (Lipinski definition) is 4. The number of amides is 2. The van der Waals surface area contributed by atoms with E-state index in [0.717, 1.165) is 22.6 Å². The van der Waals surface area contributed by atoms with Gasteiger partial charge in [0, 0.05) is 18.4 Å². The summed E-state index contributed by atoms with van der Waals surface area (Å²) >= 11 is 0. The van der Waals surface area contributed by atoms with Gasteiger partial charge in [-0.3, -0.25) is 19.5 Å². The fraction of sp³-hybridized carbons (Fsp3) is 0.269. The third kappa shape index (κ3) is 4.64. The number of anilines is 1. The molecule has 1 aromatic heterocycles. The number of hydrogen-bond donors (Lipinski definition) is 1. The third-order valence-electron chi connectivity index (χ3n) is 5.36. The van der Waals surface area contributed by atoms with Crippen LogP contribution in [-0.4, -0.2) is 22.9 Å². The molecule has 2 aromatic carbocycles. The Morgan fingerprint density at radius 1 is 1.12 bits per heavy atom. The molecule has 0 fully saturated rings. The number of fused-ring (bicyclic) bond motifs is 1. The lowest BCUT2D eigenvalue weighted by atomic mass is 10.1. The van der Waals surface area contributed by atoms with Crippen molar-refractivity contribution in [3.63, 3.8) is 0 Å². The number of aryl methyl sites for hydroxylation is 1.